The van der Waals surface area contributed by atoms with Crippen LogP contribution in [-0.4, -0.2) is 31.5 Å². The van der Waals surface area contributed by atoms with Gasteiger partial charge in [0.15, 0.2) is 5.13 Å². The minimum Gasteiger partial charge on any atom is -0.295 e. The van der Waals surface area contributed by atoms with Crippen LogP contribution in [0.25, 0.3) is 0 Å². The molecule has 0 aromatic carbocycles. The standard InChI is InChI=1S/C7H8N6OS/c1-3-4(2)15-7(8-3)9-6(14)5-10-12-13-11-5/h1-2H3,(H,8,9,14)(H,10,11,12,13). The summed E-state index contributed by atoms with van der Waals surface area (Å²) in [6.07, 6.45) is 0. The zero-order chi connectivity index (χ0) is 10.8. The zero-order valence-corrected chi connectivity index (χ0v) is 8.92. The van der Waals surface area contributed by atoms with Crippen LogP contribution in [0.4, 0.5) is 5.13 Å². The molecule has 2 rings (SSSR count). The summed E-state index contributed by atoms with van der Waals surface area (Å²) in [5.41, 5.74) is 0.906. The molecule has 7 nitrogen and oxygen atoms in total. The number of aryl methyl sites for hydroxylation is 2. The third kappa shape index (κ3) is 1.99. The highest BCUT2D eigenvalue weighted by Gasteiger charge is 2.13. The van der Waals surface area contributed by atoms with E-state index < -0.39 is 5.91 Å². The minimum atomic E-state index is -0.419. The lowest BCUT2D eigenvalue weighted by Gasteiger charge is -1.94. The van der Waals surface area contributed by atoms with E-state index in [0.717, 1.165) is 10.6 Å². The first-order valence-corrected chi connectivity index (χ1v) is 4.97. The second kappa shape index (κ2) is 3.73. The first-order chi connectivity index (χ1) is 7.16. The summed E-state index contributed by atoms with van der Waals surface area (Å²) in [5, 5.41) is 15.7. The second-order valence-electron chi connectivity index (χ2n) is 2.85. The van der Waals surface area contributed by atoms with Gasteiger partial charge >= 0.3 is 0 Å². The van der Waals surface area contributed by atoms with Gasteiger partial charge in [-0.25, -0.2) is 4.98 Å². The van der Waals surface area contributed by atoms with Gasteiger partial charge in [-0.05, 0) is 19.1 Å². The average molecular weight is 224 g/mol. The summed E-state index contributed by atoms with van der Waals surface area (Å²) in [6, 6.07) is 0. The topological polar surface area (TPSA) is 96.5 Å². The largest absolute Gasteiger partial charge is 0.299 e. The molecule has 2 heterocycles. The minimum absolute atomic E-state index is 0.000469. The summed E-state index contributed by atoms with van der Waals surface area (Å²) in [7, 11) is 0. The van der Waals surface area contributed by atoms with Crippen LogP contribution in [-0.2, 0) is 0 Å². The molecule has 0 atom stereocenters. The molecular formula is C7H8N6OS. The number of aromatic amines is 1. The van der Waals surface area contributed by atoms with E-state index in [-0.39, 0.29) is 5.82 Å². The number of thiazole rings is 1. The first-order valence-electron chi connectivity index (χ1n) is 4.15. The maximum absolute atomic E-state index is 11.5. The van der Waals surface area contributed by atoms with Crippen LogP contribution < -0.4 is 5.32 Å². The van der Waals surface area contributed by atoms with E-state index in [4.69, 9.17) is 0 Å². The fourth-order valence-electron chi connectivity index (χ4n) is 0.937. The second-order valence-corrected chi connectivity index (χ2v) is 4.05. The Bertz CT molecular complexity index is 456. The van der Waals surface area contributed by atoms with Crippen LogP contribution in [0.3, 0.4) is 0 Å². The highest BCUT2D eigenvalue weighted by molar-refractivity contribution is 7.15. The SMILES string of the molecule is Cc1nc(NC(=O)c2nn[nH]n2)sc1C. The van der Waals surface area contributed by atoms with Crippen molar-refractivity contribution in [1.29, 1.82) is 0 Å². The molecule has 2 aromatic rings. The maximum Gasteiger partial charge on any atom is 0.299 e. The number of aromatic nitrogens is 5. The van der Waals surface area contributed by atoms with E-state index in [2.05, 4.69) is 30.9 Å². The number of amides is 1. The summed E-state index contributed by atoms with van der Waals surface area (Å²) in [5.74, 6) is -0.419. The Morgan fingerprint density at radius 2 is 2.27 bits per heavy atom. The molecule has 0 saturated heterocycles. The van der Waals surface area contributed by atoms with Crippen molar-refractivity contribution in [2.45, 2.75) is 13.8 Å². The van der Waals surface area contributed by atoms with Crippen molar-refractivity contribution in [1.82, 2.24) is 25.6 Å². The van der Waals surface area contributed by atoms with E-state index in [1.54, 1.807) is 0 Å². The van der Waals surface area contributed by atoms with Crippen molar-refractivity contribution < 1.29 is 4.79 Å². The normalized spacial score (nSPS) is 10.3. The highest BCUT2D eigenvalue weighted by Crippen LogP contribution is 2.21. The van der Waals surface area contributed by atoms with Gasteiger partial charge in [0.05, 0.1) is 5.69 Å². The molecule has 0 fully saturated rings. The van der Waals surface area contributed by atoms with Crippen LogP contribution in [0.1, 0.15) is 21.2 Å². The number of H-pyrrole nitrogens is 1. The molecule has 0 aliphatic heterocycles. The van der Waals surface area contributed by atoms with Crippen LogP contribution >= 0.6 is 11.3 Å². The molecule has 2 aromatic heterocycles. The van der Waals surface area contributed by atoms with Gasteiger partial charge in [0, 0.05) is 4.88 Å². The summed E-state index contributed by atoms with van der Waals surface area (Å²) in [4.78, 5) is 16.7. The van der Waals surface area contributed by atoms with Gasteiger partial charge in [0.1, 0.15) is 0 Å². The molecule has 0 bridgehead atoms. The van der Waals surface area contributed by atoms with E-state index in [0.29, 0.717) is 5.13 Å². The number of nitrogens with zero attached hydrogens (tertiary/aromatic N) is 4. The Labute approximate surface area is 88.9 Å². The summed E-state index contributed by atoms with van der Waals surface area (Å²) < 4.78 is 0. The monoisotopic (exact) mass is 224 g/mol. The van der Waals surface area contributed by atoms with Crippen molar-refractivity contribution in [3.05, 3.63) is 16.4 Å². The van der Waals surface area contributed by atoms with Gasteiger partial charge in [0.2, 0.25) is 0 Å². The van der Waals surface area contributed by atoms with Crippen molar-refractivity contribution in [2.24, 2.45) is 0 Å². The molecule has 0 unspecified atom stereocenters. The predicted octanol–water partition coefficient (Wildman–Crippen LogP) is 0.525. The average Bonchev–Trinajstić information content (AvgIpc) is 2.77. The number of hydrogen-bond acceptors (Lipinski definition) is 6. The van der Waals surface area contributed by atoms with Crippen molar-refractivity contribution in [3.63, 3.8) is 0 Å². The lowest BCUT2D eigenvalue weighted by atomic mass is 10.4. The van der Waals surface area contributed by atoms with E-state index >= 15 is 0 Å². The lowest BCUT2D eigenvalue weighted by Crippen LogP contribution is -2.13. The van der Waals surface area contributed by atoms with Crippen LogP contribution in [0.15, 0.2) is 0 Å². The molecule has 2 N–H and O–H groups in total. The van der Waals surface area contributed by atoms with Gasteiger partial charge in [-0.1, -0.05) is 0 Å². The molecule has 0 saturated carbocycles. The molecule has 0 aliphatic rings. The molecule has 0 radical (unpaired) electrons. The van der Waals surface area contributed by atoms with Crippen LogP contribution in [0.5, 0.6) is 0 Å². The van der Waals surface area contributed by atoms with Crippen molar-refractivity contribution in [3.8, 4) is 0 Å². The Morgan fingerprint density at radius 1 is 1.47 bits per heavy atom. The van der Waals surface area contributed by atoms with Gasteiger partial charge in [-0.3, -0.25) is 10.1 Å². The number of carbonyl (C=O) groups excluding carboxylic acids is 1. The third-order valence-corrected chi connectivity index (χ3v) is 2.79. The Hall–Kier alpha value is -1.83. The smallest absolute Gasteiger partial charge is 0.295 e. The van der Waals surface area contributed by atoms with Gasteiger partial charge in [-0.2, -0.15) is 5.21 Å². The molecule has 15 heavy (non-hydrogen) atoms. The highest BCUT2D eigenvalue weighted by atomic mass is 32.1. The zero-order valence-electron chi connectivity index (χ0n) is 8.11. The maximum atomic E-state index is 11.5. The van der Waals surface area contributed by atoms with Crippen LogP contribution in [0.2, 0.25) is 0 Å². The summed E-state index contributed by atoms with van der Waals surface area (Å²) >= 11 is 1.41. The first kappa shape index (κ1) is 9.71. The summed E-state index contributed by atoms with van der Waals surface area (Å²) in [6.45, 7) is 3.83. The number of hydrogen-bond donors (Lipinski definition) is 2. The van der Waals surface area contributed by atoms with E-state index in [9.17, 15) is 4.79 Å². The third-order valence-electron chi connectivity index (χ3n) is 1.80. The molecule has 78 valence electrons. The molecule has 1 amide bonds. The van der Waals surface area contributed by atoms with Crippen molar-refractivity contribution in [2.75, 3.05) is 5.32 Å². The molecule has 8 heteroatoms. The van der Waals surface area contributed by atoms with E-state index in [1.165, 1.54) is 11.3 Å². The van der Waals surface area contributed by atoms with Gasteiger partial charge < -0.3 is 0 Å². The number of tetrazole rings is 1. The fraction of sp³-hybridized carbons (Fsp3) is 0.286. The molecule has 0 aliphatic carbocycles. The number of carbonyl (C=O) groups is 1. The Balaban J connectivity index is 2.13. The quantitative estimate of drug-likeness (QED) is 0.775. The predicted molar refractivity (Wildman–Crippen MR) is 53.7 cm³/mol. The Morgan fingerprint density at radius 3 is 2.80 bits per heavy atom. The number of rotatable bonds is 2. The van der Waals surface area contributed by atoms with Gasteiger partial charge in [0.25, 0.3) is 11.7 Å². The van der Waals surface area contributed by atoms with Crippen molar-refractivity contribution >= 4 is 22.4 Å². The number of anilines is 1. The lowest BCUT2D eigenvalue weighted by molar-refractivity contribution is 0.101. The van der Waals surface area contributed by atoms with E-state index in [1.807, 2.05) is 13.8 Å². The van der Waals surface area contributed by atoms with Gasteiger partial charge in [-0.15, -0.1) is 21.5 Å². The Kier molecular flexibility index (Phi) is 2.42. The molecular weight excluding hydrogens is 216 g/mol. The fourth-order valence-corrected chi connectivity index (χ4v) is 1.75. The molecule has 0 spiro atoms. The van der Waals surface area contributed by atoms with Crippen LogP contribution in [0, 0.1) is 13.8 Å². The number of nitrogens with one attached hydrogen (secondary N) is 2.